The van der Waals surface area contributed by atoms with Gasteiger partial charge in [-0.05, 0) is 31.5 Å². The molecular weight excluding hydrogens is 286 g/mol. The number of anilines is 2. The Balaban J connectivity index is 2.21. The van der Waals surface area contributed by atoms with Gasteiger partial charge in [-0.3, -0.25) is 0 Å². The van der Waals surface area contributed by atoms with E-state index in [-0.39, 0.29) is 6.10 Å². The number of ether oxygens (including phenoxy) is 1. The molecule has 1 aromatic heterocycles. The number of pyridine rings is 1. The lowest BCUT2D eigenvalue weighted by molar-refractivity contribution is 0.217. The monoisotopic (exact) mass is 301 g/mol. The van der Waals surface area contributed by atoms with Crippen LogP contribution in [0.15, 0.2) is 36.5 Å². The van der Waals surface area contributed by atoms with Gasteiger partial charge in [0.15, 0.2) is 5.82 Å². The number of hydrogen-bond donors (Lipinski definition) is 1. The highest BCUT2D eigenvalue weighted by atomic mass is 35.5. The van der Waals surface area contributed by atoms with Gasteiger partial charge in [0.2, 0.25) is 0 Å². The van der Waals surface area contributed by atoms with Crippen molar-refractivity contribution in [3.8, 4) is 11.8 Å². The summed E-state index contributed by atoms with van der Waals surface area (Å²) in [7, 11) is 0. The molecule has 2 aromatic rings. The maximum atomic E-state index is 8.97. The first-order valence-electron chi connectivity index (χ1n) is 6.72. The van der Waals surface area contributed by atoms with E-state index in [1.54, 1.807) is 12.3 Å². The van der Waals surface area contributed by atoms with Gasteiger partial charge in [0.25, 0.3) is 0 Å². The zero-order valence-electron chi connectivity index (χ0n) is 11.9. The van der Waals surface area contributed by atoms with Gasteiger partial charge in [-0.15, -0.1) is 0 Å². The first-order valence-corrected chi connectivity index (χ1v) is 7.10. The maximum Gasteiger partial charge on any atom is 0.150 e. The molecule has 0 radical (unpaired) electrons. The third-order valence-corrected chi connectivity index (χ3v) is 3.40. The first-order chi connectivity index (χ1) is 10.1. The van der Waals surface area contributed by atoms with Crippen LogP contribution in [0, 0.1) is 11.3 Å². The van der Waals surface area contributed by atoms with Crippen molar-refractivity contribution >= 4 is 23.1 Å². The Morgan fingerprint density at radius 1 is 1.43 bits per heavy atom. The third kappa shape index (κ3) is 3.87. The highest BCUT2D eigenvalue weighted by molar-refractivity contribution is 6.34. The minimum atomic E-state index is 0.156. The molecule has 1 heterocycles. The van der Waals surface area contributed by atoms with Crippen molar-refractivity contribution in [3.63, 3.8) is 0 Å². The largest absolute Gasteiger partial charge is 0.491 e. The molecule has 2 rings (SSSR count). The van der Waals surface area contributed by atoms with E-state index in [9.17, 15) is 0 Å². The molecule has 1 atom stereocenters. The molecule has 0 aliphatic heterocycles. The van der Waals surface area contributed by atoms with Crippen LogP contribution in [0.25, 0.3) is 0 Å². The van der Waals surface area contributed by atoms with E-state index in [4.69, 9.17) is 21.6 Å². The molecule has 108 valence electrons. The quantitative estimate of drug-likeness (QED) is 0.881. The summed E-state index contributed by atoms with van der Waals surface area (Å²) in [5.41, 5.74) is 1.20. The van der Waals surface area contributed by atoms with Gasteiger partial charge < -0.3 is 10.1 Å². The lowest BCUT2D eigenvalue weighted by Crippen LogP contribution is -2.09. The number of benzene rings is 1. The topological polar surface area (TPSA) is 57.9 Å². The smallest absolute Gasteiger partial charge is 0.150 e. The number of hydrogen-bond acceptors (Lipinski definition) is 4. The van der Waals surface area contributed by atoms with Crippen LogP contribution in [0.2, 0.25) is 5.02 Å². The third-order valence-electron chi connectivity index (χ3n) is 3.02. The van der Waals surface area contributed by atoms with Gasteiger partial charge in [-0.25, -0.2) is 4.98 Å². The fraction of sp³-hybridized carbons (Fsp3) is 0.250. The van der Waals surface area contributed by atoms with Gasteiger partial charge in [-0.2, -0.15) is 5.26 Å². The number of nitrogens with zero attached hydrogens (tertiary/aromatic N) is 2. The van der Waals surface area contributed by atoms with Crippen molar-refractivity contribution in [2.45, 2.75) is 26.4 Å². The molecule has 0 saturated carbocycles. The van der Waals surface area contributed by atoms with Crippen LogP contribution in [-0.4, -0.2) is 11.1 Å². The number of halogens is 1. The molecule has 4 nitrogen and oxygen atoms in total. The van der Waals surface area contributed by atoms with E-state index in [0.717, 1.165) is 17.9 Å². The zero-order valence-corrected chi connectivity index (χ0v) is 12.7. The summed E-state index contributed by atoms with van der Waals surface area (Å²) in [6.07, 6.45) is 2.64. The predicted molar refractivity (Wildman–Crippen MR) is 84.1 cm³/mol. The van der Waals surface area contributed by atoms with E-state index >= 15 is 0 Å². The maximum absolute atomic E-state index is 8.97. The average Bonchev–Trinajstić information content (AvgIpc) is 2.49. The van der Waals surface area contributed by atoms with Crippen molar-refractivity contribution in [1.82, 2.24) is 4.98 Å². The predicted octanol–water partition coefficient (Wildman–Crippen LogP) is 4.53. The van der Waals surface area contributed by atoms with Gasteiger partial charge in [-0.1, -0.05) is 24.6 Å². The molecule has 0 aliphatic rings. The molecule has 1 unspecified atom stereocenters. The summed E-state index contributed by atoms with van der Waals surface area (Å²) in [6, 6.07) is 11.2. The van der Waals surface area contributed by atoms with Crippen LogP contribution >= 0.6 is 11.6 Å². The molecule has 5 heteroatoms. The minimum Gasteiger partial charge on any atom is -0.491 e. The fourth-order valence-electron chi connectivity index (χ4n) is 1.72. The normalized spacial score (nSPS) is 11.5. The second-order valence-electron chi connectivity index (χ2n) is 4.62. The Hall–Kier alpha value is -2.25. The lowest BCUT2D eigenvalue weighted by Gasteiger charge is -2.14. The van der Waals surface area contributed by atoms with Crippen molar-refractivity contribution in [2.24, 2.45) is 0 Å². The van der Waals surface area contributed by atoms with Crippen molar-refractivity contribution in [1.29, 1.82) is 5.26 Å². The summed E-state index contributed by atoms with van der Waals surface area (Å²) in [6.45, 7) is 4.10. The van der Waals surface area contributed by atoms with Crippen LogP contribution in [0.5, 0.6) is 5.75 Å². The number of aromatic nitrogens is 1. The average molecular weight is 302 g/mol. The summed E-state index contributed by atoms with van der Waals surface area (Å²) >= 11 is 6.13. The van der Waals surface area contributed by atoms with E-state index < -0.39 is 0 Å². The van der Waals surface area contributed by atoms with Gasteiger partial charge in [0, 0.05) is 18.0 Å². The van der Waals surface area contributed by atoms with Gasteiger partial charge in [0.05, 0.1) is 11.7 Å². The van der Waals surface area contributed by atoms with Gasteiger partial charge in [0.1, 0.15) is 16.8 Å². The van der Waals surface area contributed by atoms with Crippen molar-refractivity contribution in [2.75, 3.05) is 5.32 Å². The summed E-state index contributed by atoms with van der Waals surface area (Å²) in [5, 5.41) is 12.4. The van der Waals surface area contributed by atoms with Crippen molar-refractivity contribution in [3.05, 3.63) is 47.1 Å². The lowest BCUT2D eigenvalue weighted by atomic mass is 10.2. The number of nitrogens with one attached hydrogen (secondary N) is 1. The number of nitriles is 1. The molecule has 1 N–H and O–H groups in total. The molecule has 0 bridgehead atoms. The van der Waals surface area contributed by atoms with Crippen molar-refractivity contribution < 1.29 is 4.74 Å². The van der Waals surface area contributed by atoms with E-state index in [1.807, 2.05) is 37.3 Å². The number of rotatable bonds is 5. The Kier molecular flexibility index (Phi) is 5.02. The molecule has 21 heavy (non-hydrogen) atoms. The SMILES string of the molecule is CCC(C)Oc1cccc(Nc2nccc(C#N)c2Cl)c1. The molecule has 0 aliphatic carbocycles. The first kappa shape index (κ1) is 15.1. The Morgan fingerprint density at radius 3 is 2.95 bits per heavy atom. The van der Waals surface area contributed by atoms with E-state index in [2.05, 4.69) is 17.2 Å². The Bertz CT molecular complexity index is 667. The molecule has 0 amide bonds. The zero-order chi connectivity index (χ0) is 15.2. The van der Waals surface area contributed by atoms with E-state index in [1.165, 1.54) is 0 Å². The molecule has 1 aromatic carbocycles. The molecule has 0 saturated heterocycles. The standard InChI is InChI=1S/C16H16ClN3O/c1-3-11(2)21-14-6-4-5-13(9-14)20-16-15(17)12(10-18)7-8-19-16/h4-9,11H,3H2,1-2H3,(H,19,20). The van der Waals surface area contributed by atoms with Crippen LogP contribution < -0.4 is 10.1 Å². The second-order valence-corrected chi connectivity index (χ2v) is 5.00. The Morgan fingerprint density at radius 2 is 2.24 bits per heavy atom. The summed E-state index contributed by atoms with van der Waals surface area (Å²) in [4.78, 5) is 4.15. The van der Waals surface area contributed by atoms with Crippen LogP contribution in [-0.2, 0) is 0 Å². The minimum absolute atomic E-state index is 0.156. The fourth-order valence-corrected chi connectivity index (χ4v) is 1.92. The molecular formula is C16H16ClN3O. The molecule has 0 fully saturated rings. The second kappa shape index (κ2) is 6.96. The summed E-state index contributed by atoms with van der Waals surface area (Å²) in [5.74, 6) is 1.23. The van der Waals surface area contributed by atoms with E-state index in [0.29, 0.717) is 16.4 Å². The summed E-state index contributed by atoms with van der Waals surface area (Å²) < 4.78 is 5.77. The van der Waals surface area contributed by atoms with Crippen LogP contribution in [0.4, 0.5) is 11.5 Å². The van der Waals surface area contributed by atoms with Crippen LogP contribution in [0.1, 0.15) is 25.8 Å². The highest BCUT2D eigenvalue weighted by Crippen LogP contribution is 2.27. The van der Waals surface area contributed by atoms with Gasteiger partial charge >= 0.3 is 0 Å². The van der Waals surface area contributed by atoms with Crippen LogP contribution in [0.3, 0.4) is 0 Å². The molecule has 0 spiro atoms. The highest BCUT2D eigenvalue weighted by Gasteiger charge is 2.08. The Labute approximate surface area is 129 Å².